The fraction of sp³-hybridized carbons (Fsp3) is 0.429. The molecule has 4 aliphatic rings. The Morgan fingerprint density at radius 3 is 2.62 bits per heavy atom. The van der Waals surface area contributed by atoms with E-state index in [1.807, 2.05) is 66.7 Å². The van der Waals surface area contributed by atoms with Crippen molar-refractivity contribution in [1.29, 1.82) is 0 Å². The number of unbranched alkanes of at least 4 members (excludes halogenated alkanes) is 1. The highest BCUT2D eigenvalue weighted by atomic mass is 16.6. The number of hydrogen-bond donors (Lipinski definition) is 2. The molecule has 2 fully saturated rings. The van der Waals surface area contributed by atoms with E-state index < -0.39 is 41.7 Å². The molecule has 0 aliphatic carbocycles. The summed E-state index contributed by atoms with van der Waals surface area (Å²) in [6.07, 6.45) is 7.15. The van der Waals surface area contributed by atoms with Gasteiger partial charge in [0.1, 0.15) is 35.9 Å². The maximum atomic E-state index is 14.8. The van der Waals surface area contributed by atoms with E-state index in [0.717, 1.165) is 5.52 Å². The van der Waals surface area contributed by atoms with Crippen LogP contribution in [0.5, 0.6) is 0 Å². The molecule has 3 aromatic rings. The van der Waals surface area contributed by atoms with Gasteiger partial charge in [-0.25, -0.2) is 4.68 Å². The average Bonchev–Trinajstić information content (AvgIpc) is 3.85. The molecule has 0 radical (unpaired) electrons. The van der Waals surface area contributed by atoms with Gasteiger partial charge in [0.25, 0.3) is 5.91 Å². The van der Waals surface area contributed by atoms with Gasteiger partial charge >= 0.3 is 5.97 Å². The third kappa shape index (κ3) is 5.66. The average molecular weight is 655 g/mol. The van der Waals surface area contributed by atoms with Crippen LogP contribution >= 0.6 is 0 Å². The number of likely N-dealkylation sites (tertiary alicyclic amines) is 1. The first-order valence-corrected chi connectivity index (χ1v) is 16.4. The van der Waals surface area contributed by atoms with Crippen LogP contribution in [0.25, 0.3) is 11.0 Å². The number of nitrogens with zero attached hydrogens (tertiary/aromatic N) is 5. The molecule has 6 atom stereocenters. The number of benzene rings is 2. The normalized spacial score (nSPS) is 29.7. The van der Waals surface area contributed by atoms with E-state index in [9.17, 15) is 24.3 Å². The molecule has 5 heterocycles. The lowest BCUT2D eigenvalue weighted by Gasteiger charge is -2.35. The van der Waals surface area contributed by atoms with Crippen LogP contribution in [0.2, 0.25) is 0 Å². The molecule has 13 heteroatoms. The molecule has 2 N–H and O–H groups in total. The first-order chi connectivity index (χ1) is 23.4. The molecule has 0 unspecified atom stereocenters. The number of allylic oxidation sites excluding steroid dienone is 1. The van der Waals surface area contributed by atoms with Gasteiger partial charge in [-0.3, -0.25) is 19.2 Å². The van der Waals surface area contributed by atoms with Crippen LogP contribution in [0.1, 0.15) is 37.4 Å². The summed E-state index contributed by atoms with van der Waals surface area (Å²) in [6.45, 7) is 0.406. The molecule has 1 aromatic heterocycles. The Bertz CT molecular complexity index is 1760. The minimum atomic E-state index is -1.39. The summed E-state index contributed by atoms with van der Waals surface area (Å²) >= 11 is 0. The van der Waals surface area contributed by atoms with E-state index in [-0.39, 0.29) is 57.1 Å². The topological polar surface area (TPSA) is 156 Å². The van der Waals surface area contributed by atoms with Gasteiger partial charge in [0, 0.05) is 26.1 Å². The fourth-order valence-electron chi connectivity index (χ4n) is 7.37. The SMILES string of the molecule is O=C1CC/C=C\CN(Cn2nnc3ccccc32)C(=O)[C@@H]2N(CCCCO)C(=O)[C@H]3[C@H](C(=O)O[C@H](c4ccccc4)CN1)[C@@H]1C=C[C@]23O1. The lowest BCUT2D eigenvalue weighted by Crippen LogP contribution is -2.56. The maximum Gasteiger partial charge on any atom is 0.313 e. The standard InChI is InChI=1S/C35H38N6O7/c42-20-10-9-19-40-31-33(45)39(22-41-25-14-7-6-13-24(25)37-38-41)18-8-2-5-15-28(43)36-21-27(23-11-3-1-4-12-23)47-34(46)29-26-16-17-35(31,48-26)30(29)32(40)44/h1-4,6-8,11-14,16-17,26-27,29-31,42H,5,9-10,15,18-22H2,(H,36,43)/b8-2-/t26-,27-,29+,30+,31-,35+/m0/s1. The molecule has 5 bridgehead atoms. The lowest BCUT2D eigenvalue weighted by atomic mass is 9.74. The number of esters is 1. The van der Waals surface area contributed by atoms with Crippen LogP contribution in [0.3, 0.4) is 0 Å². The number of fused-ring (bicyclic) bond motifs is 3. The second-order valence-corrected chi connectivity index (χ2v) is 12.6. The first-order valence-electron chi connectivity index (χ1n) is 16.4. The van der Waals surface area contributed by atoms with Gasteiger partial charge < -0.3 is 29.7 Å². The van der Waals surface area contributed by atoms with Crippen LogP contribution in [0.15, 0.2) is 78.9 Å². The van der Waals surface area contributed by atoms with Gasteiger partial charge in [-0.15, -0.1) is 5.10 Å². The number of ether oxygens (including phenoxy) is 2. The highest BCUT2D eigenvalue weighted by Crippen LogP contribution is 2.56. The number of amides is 3. The van der Waals surface area contributed by atoms with Gasteiger partial charge in [0.05, 0.1) is 24.1 Å². The van der Waals surface area contributed by atoms with Crippen molar-refractivity contribution in [2.75, 3.05) is 26.2 Å². The molecule has 2 aromatic carbocycles. The van der Waals surface area contributed by atoms with E-state index in [1.165, 1.54) is 4.90 Å². The molecule has 7 rings (SSSR count). The molecule has 1 spiro atoms. The predicted octanol–water partition coefficient (Wildman–Crippen LogP) is 1.89. The molecule has 0 saturated carbocycles. The Hall–Kier alpha value is -4.88. The van der Waals surface area contributed by atoms with E-state index in [4.69, 9.17) is 9.47 Å². The van der Waals surface area contributed by atoms with Crippen LogP contribution in [-0.2, 0) is 35.3 Å². The summed E-state index contributed by atoms with van der Waals surface area (Å²) in [5, 5.41) is 20.9. The fourth-order valence-corrected chi connectivity index (χ4v) is 7.37. The second-order valence-electron chi connectivity index (χ2n) is 12.6. The van der Waals surface area contributed by atoms with E-state index in [0.29, 0.717) is 30.3 Å². The number of carbonyl (C=O) groups excluding carboxylic acids is 4. The third-order valence-electron chi connectivity index (χ3n) is 9.67. The van der Waals surface area contributed by atoms with Crippen LogP contribution < -0.4 is 5.32 Å². The number of hydrogen-bond acceptors (Lipinski definition) is 9. The quantitative estimate of drug-likeness (QED) is 0.221. The highest BCUT2D eigenvalue weighted by molar-refractivity contribution is 5.99. The van der Waals surface area contributed by atoms with E-state index in [1.54, 1.807) is 21.7 Å². The second kappa shape index (κ2) is 13.3. The van der Waals surface area contributed by atoms with Crippen molar-refractivity contribution in [1.82, 2.24) is 30.1 Å². The number of para-hydroxylation sites is 1. The number of aromatic nitrogens is 3. The van der Waals surface area contributed by atoms with E-state index >= 15 is 0 Å². The summed E-state index contributed by atoms with van der Waals surface area (Å²) in [6, 6.07) is 15.5. The molecule has 48 heavy (non-hydrogen) atoms. The molecule has 2 saturated heterocycles. The number of carbonyl (C=O) groups is 4. The Morgan fingerprint density at radius 1 is 0.979 bits per heavy atom. The molecule has 250 valence electrons. The van der Waals surface area contributed by atoms with Crippen molar-refractivity contribution in [3.63, 3.8) is 0 Å². The lowest BCUT2D eigenvalue weighted by molar-refractivity contribution is -0.159. The zero-order chi connectivity index (χ0) is 33.3. The van der Waals surface area contributed by atoms with Gasteiger partial charge in [-0.1, -0.05) is 72.0 Å². The highest BCUT2D eigenvalue weighted by Gasteiger charge is 2.73. The van der Waals surface area contributed by atoms with Crippen molar-refractivity contribution in [3.8, 4) is 0 Å². The smallest absolute Gasteiger partial charge is 0.313 e. The molecule has 4 aliphatic heterocycles. The zero-order valence-electron chi connectivity index (χ0n) is 26.4. The summed E-state index contributed by atoms with van der Waals surface area (Å²) in [5.74, 6) is -3.57. The first kappa shape index (κ1) is 31.7. The minimum Gasteiger partial charge on any atom is -0.455 e. The maximum absolute atomic E-state index is 14.8. The Morgan fingerprint density at radius 2 is 1.79 bits per heavy atom. The summed E-state index contributed by atoms with van der Waals surface area (Å²) < 4.78 is 14.2. The van der Waals surface area contributed by atoms with Gasteiger partial charge in [-0.2, -0.15) is 0 Å². The molecular weight excluding hydrogens is 616 g/mol. The molecular formula is C35H38N6O7. The van der Waals surface area contributed by atoms with Crippen molar-refractivity contribution in [3.05, 3.63) is 84.5 Å². The van der Waals surface area contributed by atoms with Gasteiger partial charge in [0.2, 0.25) is 11.8 Å². The number of rotatable bonds is 7. The summed E-state index contributed by atoms with van der Waals surface area (Å²) in [4.78, 5) is 59.2. The Balaban J connectivity index is 1.28. The van der Waals surface area contributed by atoms with Crippen LogP contribution in [0.4, 0.5) is 0 Å². The van der Waals surface area contributed by atoms with Crippen molar-refractivity contribution >= 4 is 34.7 Å². The zero-order valence-corrected chi connectivity index (χ0v) is 26.4. The van der Waals surface area contributed by atoms with Crippen LogP contribution in [0, 0.1) is 11.8 Å². The van der Waals surface area contributed by atoms with Crippen molar-refractivity contribution in [2.24, 2.45) is 11.8 Å². The molecule has 3 amide bonds. The summed E-state index contributed by atoms with van der Waals surface area (Å²) in [5.41, 5.74) is 0.721. The van der Waals surface area contributed by atoms with E-state index in [2.05, 4.69) is 15.6 Å². The number of aliphatic hydroxyl groups excluding tert-OH is 1. The monoisotopic (exact) mass is 654 g/mol. The predicted molar refractivity (Wildman–Crippen MR) is 171 cm³/mol. The number of cyclic esters (lactones) is 1. The molecule has 13 nitrogen and oxygen atoms in total. The van der Waals surface area contributed by atoms with Gasteiger partial charge in [0.15, 0.2) is 0 Å². The minimum absolute atomic E-state index is 0.0391. The van der Waals surface area contributed by atoms with Crippen molar-refractivity contribution < 1.29 is 33.8 Å². The van der Waals surface area contributed by atoms with Gasteiger partial charge in [-0.05, 0) is 37.0 Å². The number of nitrogens with one attached hydrogen (secondary N) is 1. The third-order valence-corrected chi connectivity index (χ3v) is 9.67. The Kier molecular flexibility index (Phi) is 8.80. The van der Waals surface area contributed by atoms with Crippen LogP contribution in [-0.4, -0.2) is 97.6 Å². The van der Waals surface area contributed by atoms with Crippen molar-refractivity contribution in [2.45, 2.75) is 56.2 Å². The summed E-state index contributed by atoms with van der Waals surface area (Å²) in [7, 11) is 0. The largest absolute Gasteiger partial charge is 0.455 e. The number of aliphatic hydroxyl groups is 1. The Labute approximate surface area is 277 Å².